The van der Waals surface area contributed by atoms with E-state index in [1.54, 1.807) is 0 Å². The van der Waals surface area contributed by atoms with E-state index >= 15 is 0 Å². The van der Waals surface area contributed by atoms with E-state index in [4.69, 9.17) is 11.5 Å². The van der Waals surface area contributed by atoms with Crippen molar-refractivity contribution in [1.29, 1.82) is 0 Å². The maximum absolute atomic E-state index is 11.5. The molecule has 0 aromatic heterocycles. The molecule has 0 saturated heterocycles. The molecule has 0 heterocycles. The summed E-state index contributed by atoms with van der Waals surface area (Å²) < 4.78 is 0. The number of hydrogen-bond acceptors (Lipinski definition) is 4. The molecular formula is C13H26N3O2. The van der Waals surface area contributed by atoms with Gasteiger partial charge in [-0.05, 0) is 45.2 Å². The third-order valence-corrected chi connectivity index (χ3v) is 2.78. The maximum Gasteiger partial charge on any atom is 0.222 e. The second kappa shape index (κ2) is 12.5. The van der Waals surface area contributed by atoms with Gasteiger partial charge in [0.15, 0.2) is 0 Å². The van der Waals surface area contributed by atoms with E-state index in [9.17, 15) is 9.59 Å². The molecule has 0 unspecified atom stereocenters. The minimum atomic E-state index is -0.479. The molecule has 0 rings (SSSR count). The highest BCUT2D eigenvalue weighted by Gasteiger charge is 2.11. The Hall–Kier alpha value is -0.940. The molecule has 5 N–H and O–H groups in total. The van der Waals surface area contributed by atoms with Gasteiger partial charge in [0.05, 0.1) is 6.04 Å². The van der Waals surface area contributed by atoms with Crippen LogP contribution in [0.5, 0.6) is 0 Å². The van der Waals surface area contributed by atoms with Gasteiger partial charge in [-0.2, -0.15) is 0 Å². The number of carbonyl (C=O) groups is 1. The molecule has 5 heteroatoms. The van der Waals surface area contributed by atoms with Crippen LogP contribution in [0.4, 0.5) is 0 Å². The van der Waals surface area contributed by atoms with E-state index < -0.39 is 6.04 Å². The molecule has 0 bridgehead atoms. The Balaban J connectivity index is 3.59. The third kappa shape index (κ3) is 10.2. The van der Waals surface area contributed by atoms with Gasteiger partial charge in [-0.1, -0.05) is 12.8 Å². The molecule has 0 aliphatic rings. The zero-order valence-electron chi connectivity index (χ0n) is 11.1. The fourth-order valence-electron chi connectivity index (χ4n) is 1.70. The summed E-state index contributed by atoms with van der Waals surface area (Å²) in [6, 6.07) is -0.479. The number of amides is 1. The van der Waals surface area contributed by atoms with Gasteiger partial charge in [-0.15, -0.1) is 0 Å². The van der Waals surface area contributed by atoms with E-state index in [2.05, 4.69) is 5.32 Å². The molecule has 0 aromatic rings. The van der Waals surface area contributed by atoms with E-state index in [0.717, 1.165) is 38.5 Å². The van der Waals surface area contributed by atoms with E-state index in [-0.39, 0.29) is 5.91 Å². The molecule has 1 atom stereocenters. The largest absolute Gasteiger partial charge is 0.346 e. The summed E-state index contributed by atoms with van der Waals surface area (Å²) in [5, 5.41) is 2.69. The van der Waals surface area contributed by atoms with Crippen molar-refractivity contribution in [2.24, 2.45) is 11.5 Å². The van der Waals surface area contributed by atoms with Gasteiger partial charge < -0.3 is 16.8 Å². The zero-order valence-corrected chi connectivity index (χ0v) is 11.1. The molecule has 0 fully saturated rings. The Morgan fingerprint density at radius 1 is 1.00 bits per heavy atom. The molecular weight excluding hydrogens is 230 g/mol. The van der Waals surface area contributed by atoms with Crippen molar-refractivity contribution in [3.8, 4) is 0 Å². The second-order valence-electron chi connectivity index (χ2n) is 4.48. The zero-order chi connectivity index (χ0) is 13.6. The lowest BCUT2D eigenvalue weighted by molar-refractivity contribution is -0.121. The highest BCUT2D eigenvalue weighted by molar-refractivity contribution is 5.79. The number of carbonyl (C=O) groups excluding carboxylic acids is 2. The molecule has 1 radical (unpaired) electrons. The number of nitrogens with one attached hydrogen (secondary N) is 1. The van der Waals surface area contributed by atoms with Crippen LogP contribution >= 0.6 is 0 Å². The minimum Gasteiger partial charge on any atom is -0.346 e. The van der Waals surface area contributed by atoms with Crippen LogP contribution in [0.3, 0.4) is 0 Å². The first-order valence-electron chi connectivity index (χ1n) is 6.81. The van der Waals surface area contributed by atoms with Crippen molar-refractivity contribution in [1.82, 2.24) is 5.32 Å². The lowest BCUT2D eigenvalue weighted by Gasteiger charge is -2.11. The van der Waals surface area contributed by atoms with Crippen LogP contribution < -0.4 is 16.8 Å². The molecule has 105 valence electrons. The van der Waals surface area contributed by atoms with Crippen LogP contribution in [0, 0.1) is 0 Å². The van der Waals surface area contributed by atoms with E-state index in [1.165, 1.54) is 0 Å². The monoisotopic (exact) mass is 256 g/mol. The van der Waals surface area contributed by atoms with Crippen LogP contribution in [0.15, 0.2) is 0 Å². The second-order valence-corrected chi connectivity index (χ2v) is 4.48. The van der Waals surface area contributed by atoms with Gasteiger partial charge in [0.1, 0.15) is 0 Å². The van der Waals surface area contributed by atoms with E-state index in [0.29, 0.717) is 25.9 Å². The van der Waals surface area contributed by atoms with Crippen LogP contribution in [0.25, 0.3) is 0 Å². The van der Waals surface area contributed by atoms with Gasteiger partial charge in [0.25, 0.3) is 0 Å². The highest BCUT2D eigenvalue weighted by Crippen LogP contribution is 2.03. The lowest BCUT2D eigenvalue weighted by Crippen LogP contribution is -2.35. The molecule has 0 spiro atoms. The third-order valence-electron chi connectivity index (χ3n) is 2.78. The van der Waals surface area contributed by atoms with Crippen LogP contribution in [0.1, 0.15) is 51.4 Å². The molecule has 18 heavy (non-hydrogen) atoms. The first kappa shape index (κ1) is 17.1. The van der Waals surface area contributed by atoms with Crippen molar-refractivity contribution >= 4 is 12.2 Å². The van der Waals surface area contributed by atoms with Gasteiger partial charge >= 0.3 is 0 Å². The Labute approximate surface area is 110 Å². The summed E-state index contributed by atoms with van der Waals surface area (Å²) in [4.78, 5) is 22.2. The van der Waals surface area contributed by atoms with Gasteiger partial charge in [0.2, 0.25) is 12.2 Å². The molecule has 0 saturated carbocycles. The Kier molecular flexibility index (Phi) is 11.9. The number of hydrogen-bond donors (Lipinski definition) is 3. The molecule has 0 aliphatic carbocycles. The van der Waals surface area contributed by atoms with Crippen molar-refractivity contribution in [2.75, 3.05) is 13.1 Å². The number of rotatable bonds is 12. The molecule has 5 nitrogen and oxygen atoms in total. The fourth-order valence-corrected chi connectivity index (χ4v) is 1.70. The summed E-state index contributed by atoms with van der Waals surface area (Å²) in [6.07, 6.45) is 8.59. The van der Waals surface area contributed by atoms with Gasteiger partial charge in [-0.3, -0.25) is 9.59 Å². The summed E-state index contributed by atoms with van der Waals surface area (Å²) in [5.74, 6) is -0.0659. The summed E-state index contributed by atoms with van der Waals surface area (Å²) in [7, 11) is 0. The standard InChI is InChI=1S/C13H26N3O2/c14-9-5-2-1-3-8-13(18)16-12(11-17)7-4-6-10-15/h12H,1-10,14-15H2,(H,16,18)/t12-/m0/s1. The summed E-state index contributed by atoms with van der Waals surface area (Å²) in [6.45, 7) is 1.32. The summed E-state index contributed by atoms with van der Waals surface area (Å²) >= 11 is 0. The summed E-state index contributed by atoms with van der Waals surface area (Å²) in [5.41, 5.74) is 10.7. The van der Waals surface area contributed by atoms with E-state index in [1.807, 2.05) is 6.29 Å². The maximum atomic E-state index is 11.5. The van der Waals surface area contributed by atoms with Crippen molar-refractivity contribution in [2.45, 2.75) is 57.4 Å². The van der Waals surface area contributed by atoms with Crippen LogP contribution in [0.2, 0.25) is 0 Å². The first-order chi connectivity index (χ1) is 8.74. The smallest absolute Gasteiger partial charge is 0.222 e. The Morgan fingerprint density at radius 3 is 2.22 bits per heavy atom. The first-order valence-corrected chi connectivity index (χ1v) is 6.81. The van der Waals surface area contributed by atoms with Gasteiger partial charge in [-0.25, -0.2) is 0 Å². The van der Waals surface area contributed by atoms with Crippen molar-refractivity contribution in [3.05, 3.63) is 0 Å². The SMILES string of the molecule is NCCCCCCC(=O)N[C@H]([C]=O)CCCCN. The number of unbranched alkanes of at least 4 members (excludes halogenated alkanes) is 4. The van der Waals surface area contributed by atoms with Crippen LogP contribution in [-0.4, -0.2) is 31.3 Å². The fraction of sp³-hybridized carbons (Fsp3) is 0.846. The quantitative estimate of drug-likeness (QED) is 0.446. The average Bonchev–Trinajstić information content (AvgIpc) is 2.37. The molecule has 1 amide bonds. The molecule has 0 aliphatic heterocycles. The van der Waals surface area contributed by atoms with Gasteiger partial charge in [0, 0.05) is 6.42 Å². The minimum absolute atomic E-state index is 0.0659. The highest BCUT2D eigenvalue weighted by atomic mass is 16.2. The average molecular weight is 256 g/mol. The predicted molar refractivity (Wildman–Crippen MR) is 72.7 cm³/mol. The predicted octanol–water partition coefficient (Wildman–Crippen LogP) is 0.619. The lowest BCUT2D eigenvalue weighted by atomic mass is 10.1. The molecule has 0 aromatic carbocycles. The van der Waals surface area contributed by atoms with Crippen molar-refractivity contribution in [3.63, 3.8) is 0 Å². The normalized spacial score (nSPS) is 12.1. The van der Waals surface area contributed by atoms with Crippen molar-refractivity contribution < 1.29 is 9.59 Å². The topological polar surface area (TPSA) is 98.2 Å². The van der Waals surface area contributed by atoms with Crippen LogP contribution in [-0.2, 0) is 9.59 Å². The Morgan fingerprint density at radius 2 is 1.61 bits per heavy atom. The Bertz CT molecular complexity index is 222. The number of nitrogens with two attached hydrogens (primary N) is 2.